The van der Waals surface area contributed by atoms with Gasteiger partial charge in [0.05, 0.1) is 17.1 Å². The van der Waals surface area contributed by atoms with Crippen LogP contribution in [0.4, 0.5) is 15.8 Å². The third-order valence-corrected chi connectivity index (χ3v) is 5.86. The van der Waals surface area contributed by atoms with E-state index in [2.05, 4.69) is 20.6 Å². The Labute approximate surface area is 182 Å². The highest BCUT2D eigenvalue weighted by Crippen LogP contribution is 2.33. The Hall–Kier alpha value is -3.06. The molecule has 1 amide bonds. The number of piperidine rings is 1. The number of hydrogen-bond acceptors (Lipinski definition) is 5. The molecule has 2 aromatic rings. The molecule has 1 aromatic heterocycles. The minimum absolute atomic E-state index is 0.297. The monoisotopic (exact) mass is 421 g/mol. The molecule has 0 spiro atoms. The van der Waals surface area contributed by atoms with Crippen LogP contribution >= 0.6 is 0 Å². The number of para-hydroxylation sites is 1. The van der Waals surface area contributed by atoms with Gasteiger partial charge < -0.3 is 15.5 Å². The summed E-state index contributed by atoms with van der Waals surface area (Å²) >= 11 is 0. The fourth-order valence-corrected chi connectivity index (χ4v) is 4.24. The molecule has 0 bridgehead atoms. The normalized spacial score (nSPS) is 16.8. The first-order chi connectivity index (χ1) is 15.0. The molecular weight excluding hydrogens is 393 g/mol. The Morgan fingerprint density at radius 3 is 2.81 bits per heavy atom. The maximum Gasteiger partial charge on any atom is 0.270 e. The standard InChI is InChI=1S/C24H28FN5O/c1-16-14-18(8-11-27-16)20-6-7-22(28-20)24(31)29-21-5-3-4-19(25)23(21)30-12-9-17(10-13-30)15-26-2/h3-6,8,11,14,17,26H,7,9-10,12-13,15H2,1-2H3,(H,29,31). The van der Waals surface area contributed by atoms with Crippen molar-refractivity contribution in [3.8, 4) is 0 Å². The Morgan fingerprint density at radius 2 is 2.06 bits per heavy atom. The number of halogens is 1. The zero-order chi connectivity index (χ0) is 21.8. The summed E-state index contributed by atoms with van der Waals surface area (Å²) in [7, 11) is 1.96. The van der Waals surface area contributed by atoms with Crippen LogP contribution in [0.1, 0.15) is 30.5 Å². The highest BCUT2D eigenvalue weighted by atomic mass is 19.1. The van der Waals surface area contributed by atoms with Gasteiger partial charge in [-0.3, -0.25) is 9.78 Å². The molecule has 0 atom stereocenters. The van der Waals surface area contributed by atoms with Gasteiger partial charge in [0.2, 0.25) is 0 Å². The molecular formula is C24H28FN5O. The minimum Gasteiger partial charge on any atom is -0.367 e. The second-order valence-electron chi connectivity index (χ2n) is 8.12. The van der Waals surface area contributed by atoms with Crippen molar-refractivity contribution in [2.45, 2.75) is 26.2 Å². The lowest BCUT2D eigenvalue weighted by Gasteiger charge is -2.34. The molecule has 0 unspecified atom stereocenters. The minimum atomic E-state index is -0.315. The second kappa shape index (κ2) is 9.39. The van der Waals surface area contributed by atoms with Crippen molar-refractivity contribution in [2.24, 2.45) is 10.9 Å². The number of amides is 1. The topological polar surface area (TPSA) is 69.6 Å². The molecule has 162 valence electrons. The van der Waals surface area contributed by atoms with Crippen LogP contribution in [0.15, 0.2) is 47.6 Å². The third kappa shape index (κ3) is 4.82. The SMILES string of the molecule is CNCC1CCN(c2c(F)cccc2NC(=O)C2=NC(c3ccnc(C)c3)=CC2)CC1. The zero-order valence-electron chi connectivity index (χ0n) is 18.0. The number of pyridine rings is 1. The summed E-state index contributed by atoms with van der Waals surface area (Å²) in [5, 5.41) is 6.12. The summed E-state index contributed by atoms with van der Waals surface area (Å²) in [4.78, 5) is 23.7. The lowest BCUT2D eigenvalue weighted by atomic mass is 9.96. The molecule has 7 heteroatoms. The van der Waals surface area contributed by atoms with Crippen molar-refractivity contribution in [3.63, 3.8) is 0 Å². The van der Waals surface area contributed by atoms with Gasteiger partial charge in [0.1, 0.15) is 11.5 Å². The first kappa shape index (κ1) is 21.2. The number of aryl methyl sites for hydroxylation is 1. The molecule has 0 saturated carbocycles. The first-order valence-electron chi connectivity index (χ1n) is 10.8. The summed E-state index contributed by atoms with van der Waals surface area (Å²) in [5.41, 5.74) is 3.98. The van der Waals surface area contributed by atoms with E-state index in [0.29, 0.717) is 29.4 Å². The van der Waals surface area contributed by atoms with Crippen LogP contribution < -0.4 is 15.5 Å². The van der Waals surface area contributed by atoms with Gasteiger partial charge in [0.25, 0.3) is 5.91 Å². The third-order valence-electron chi connectivity index (χ3n) is 5.86. The number of nitrogens with zero attached hydrogens (tertiary/aromatic N) is 3. The number of carbonyl (C=O) groups excluding carboxylic acids is 1. The number of allylic oxidation sites excluding steroid dienone is 1. The largest absolute Gasteiger partial charge is 0.367 e. The number of rotatable bonds is 6. The molecule has 0 radical (unpaired) electrons. The highest BCUT2D eigenvalue weighted by molar-refractivity contribution is 6.45. The maximum atomic E-state index is 14.8. The second-order valence-corrected chi connectivity index (χ2v) is 8.12. The first-order valence-corrected chi connectivity index (χ1v) is 10.8. The molecule has 6 nitrogen and oxygen atoms in total. The number of hydrogen-bond donors (Lipinski definition) is 2. The molecule has 1 fully saturated rings. The molecule has 2 aliphatic rings. The summed E-state index contributed by atoms with van der Waals surface area (Å²) in [6.45, 7) is 4.43. The molecule has 31 heavy (non-hydrogen) atoms. The summed E-state index contributed by atoms with van der Waals surface area (Å²) in [6, 6.07) is 8.65. The van der Waals surface area contributed by atoms with E-state index in [1.165, 1.54) is 6.07 Å². The van der Waals surface area contributed by atoms with Crippen LogP contribution in [0, 0.1) is 18.7 Å². The summed E-state index contributed by atoms with van der Waals surface area (Å²) in [5.74, 6) is -0.0153. The van der Waals surface area contributed by atoms with Crippen LogP contribution in [0.5, 0.6) is 0 Å². The van der Waals surface area contributed by atoms with Gasteiger partial charge in [-0.2, -0.15) is 0 Å². The number of benzene rings is 1. The van der Waals surface area contributed by atoms with E-state index in [1.807, 2.05) is 37.1 Å². The van der Waals surface area contributed by atoms with Crippen LogP contribution in [0.2, 0.25) is 0 Å². The van der Waals surface area contributed by atoms with Gasteiger partial charge in [-0.15, -0.1) is 0 Å². The molecule has 4 rings (SSSR count). The van der Waals surface area contributed by atoms with E-state index in [1.54, 1.807) is 18.3 Å². The van der Waals surface area contributed by atoms with Gasteiger partial charge in [-0.05, 0) is 63.5 Å². The van der Waals surface area contributed by atoms with E-state index in [9.17, 15) is 9.18 Å². The average Bonchev–Trinajstić information content (AvgIpc) is 3.26. The fraction of sp³-hybridized carbons (Fsp3) is 0.375. The van der Waals surface area contributed by atoms with Crippen molar-refractivity contribution < 1.29 is 9.18 Å². The van der Waals surface area contributed by atoms with Crippen LogP contribution in [-0.4, -0.2) is 43.3 Å². The number of aliphatic imine (C=N–C) groups is 1. The van der Waals surface area contributed by atoms with Crippen molar-refractivity contribution in [3.05, 3.63) is 59.7 Å². The maximum absolute atomic E-state index is 14.8. The van der Waals surface area contributed by atoms with Crippen molar-refractivity contribution in [1.29, 1.82) is 0 Å². The van der Waals surface area contributed by atoms with E-state index in [-0.39, 0.29) is 11.7 Å². The quantitative estimate of drug-likeness (QED) is 0.745. The van der Waals surface area contributed by atoms with Gasteiger partial charge in [-0.1, -0.05) is 12.1 Å². The smallest absolute Gasteiger partial charge is 0.270 e. The molecule has 0 aliphatic carbocycles. The molecule has 3 heterocycles. The zero-order valence-corrected chi connectivity index (χ0v) is 18.0. The van der Waals surface area contributed by atoms with Gasteiger partial charge >= 0.3 is 0 Å². The molecule has 1 saturated heterocycles. The number of nitrogens with one attached hydrogen (secondary N) is 2. The predicted molar refractivity (Wildman–Crippen MR) is 123 cm³/mol. The van der Waals surface area contributed by atoms with Gasteiger partial charge in [0, 0.05) is 37.0 Å². The van der Waals surface area contributed by atoms with Gasteiger partial charge in [-0.25, -0.2) is 9.38 Å². The molecule has 1 aromatic carbocycles. The van der Waals surface area contributed by atoms with Crippen LogP contribution in [-0.2, 0) is 4.79 Å². The average molecular weight is 422 g/mol. The van der Waals surface area contributed by atoms with Crippen molar-refractivity contribution >= 4 is 28.7 Å². The van der Waals surface area contributed by atoms with E-state index >= 15 is 0 Å². The van der Waals surface area contributed by atoms with Crippen LogP contribution in [0.3, 0.4) is 0 Å². The molecule has 2 N–H and O–H groups in total. The Balaban J connectivity index is 1.48. The number of carbonyl (C=O) groups is 1. The van der Waals surface area contributed by atoms with E-state index < -0.39 is 0 Å². The van der Waals surface area contributed by atoms with E-state index in [0.717, 1.165) is 49.4 Å². The fourth-order valence-electron chi connectivity index (χ4n) is 4.24. The lowest BCUT2D eigenvalue weighted by Crippen LogP contribution is -2.37. The Morgan fingerprint density at radius 1 is 1.26 bits per heavy atom. The Kier molecular flexibility index (Phi) is 6.42. The highest BCUT2D eigenvalue weighted by Gasteiger charge is 2.25. The van der Waals surface area contributed by atoms with E-state index in [4.69, 9.17) is 0 Å². The van der Waals surface area contributed by atoms with Gasteiger partial charge in [0.15, 0.2) is 0 Å². The van der Waals surface area contributed by atoms with Crippen LogP contribution in [0.25, 0.3) is 5.70 Å². The van der Waals surface area contributed by atoms with Crippen molar-refractivity contribution in [1.82, 2.24) is 10.3 Å². The number of anilines is 2. The summed E-state index contributed by atoms with van der Waals surface area (Å²) in [6.07, 6.45) is 6.10. The predicted octanol–water partition coefficient (Wildman–Crippen LogP) is 3.79. The summed E-state index contributed by atoms with van der Waals surface area (Å²) < 4.78 is 14.8. The number of aromatic nitrogens is 1. The van der Waals surface area contributed by atoms with Crippen molar-refractivity contribution in [2.75, 3.05) is 36.9 Å². The Bertz CT molecular complexity index is 1020. The lowest BCUT2D eigenvalue weighted by molar-refractivity contribution is -0.110. The molecule has 2 aliphatic heterocycles.